The topological polar surface area (TPSA) is 71.9 Å². The molecule has 0 spiro atoms. The van der Waals surface area contributed by atoms with E-state index in [1.807, 2.05) is 43.6 Å². The minimum Gasteiger partial charge on any atom is -0.377 e. The van der Waals surface area contributed by atoms with Crippen LogP contribution in [0.5, 0.6) is 0 Å². The summed E-state index contributed by atoms with van der Waals surface area (Å²) in [5, 5.41) is 3.91. The molecule has 0 saturated heterocycles. The van der Waals surface area contributed by atoms with Crippen LogP contribution in [-0.4, -0.2) is 34.1 Å². The van der Waals surface area contributed by atoms with Crippen molar-refractivity contribution in [2.24, 2.45) is 0 Å². The molecular weight excluding hydrogens is 292 g/mol. The summed E-state index contributed by atoms with van der Waals surface area (Å²) in [6.45, 7) is 3.66. The number of carbonyl (C=O) groups excluding carboxylic acids is 1. The molecule has 3 aromatic rings. The highest BCUT2D eigenvalue weighted by molar-refractivity contribution is 6.06. The number of ether oxygens (including phenoxy) is 1. The smallest absolute Gasteiger partial charge is 0.252 e. The number of aromatic nitrogens is 3. The highest BCUT2D eigenvalue weighted by Gasteiger charge is 2.11. The average molecular weight is 312 g/mol. The Morgan fingerprint density at radius 1 is 1.39 bits per heavy atom. The standard InChI is InChI=1S/C17H20N4O2/c1-12-10-20-16(11-23-2)21(12)9-8-19-17(22)14-4-3-5-15-13(14)6-7-18-15/h3-7,10,18H,8-9,11H2,1-2H3,(H,19,22). The Balaban J connectivity index is 1.66. The van der Waals surface area contributed by atoms with E-state index in [1.54, 1.807) is 7.11 Å². The van der Waals surface area contributed by atoms with Crippen molar-refractivity contribution in [3.05, 3.63) is 53.7 Å². The molecule has 6 nitrogen and oxygen atoms in total. The summed E-state index contributed by atoms with van der Waals surface area (Å²) in [5.41, 5.74) is 2.70. The molecule has 23 heavy (non-hydrogen) atoms. The van der Waals surface area contributed by atoms with E-state index >= 15 is 0 Å². The number of fused-ring (bicyclic) bond motifs is 1. The lowest BCUT2D eigenvalue weighted by atomic mass is 10.1. The average Bonchev–Trinajstić information content (AvgIpc) is 3.15. The number of H-pyrrole nitrogens is 1. The minimum absolute atomic E-state index is 0.0683. The van der Waals surface area contributed by atoms with Gasteiger partial charge in [0.2, 0.25) is 0 Å². The molecule has 2 heterocycles. The Hall–Kier alpha value is -2.60. The van der Waals surface area contributed by atoms with E-state index in [-0.39, 0.29) is 5.91 Å². The van der Waals surface area contributed by atoms with E-state index in [0.29, 0.717) is 25.3 Å². The fourth-order valence-corrected chi connectivity index (χ4v) is 2.72. The van der Waals surface area contributed by atoms with Crippen molar-refractivity contribution in [2.45, 2.75) is 20.1 Å². The predicted molar refractivity (Wildman–Crippen MR) is 88.3 cm³/mol. The van der Waals surface area contributed by atoms with Crippen LogP contribution < -0.4 is 5.32 Å². The summed E-state index contributed by atoms with van der Waals surface area (Å²) in [6, 6.07) is 7.59. The summed E-state index contributed by atoms with van der Waals surface area (Å²) in [7, 11) is 1.65. The lowest BCUT2D eigenvalue weighted by molar-refractivity contribution is 0.0953. The summed E-state index contributed by atoms with van der Waals surface area (Å²) in [4.78, 5) is 19.8. The van der Waals surface area contributed by atoms with Crippen LogP contribution in [0.25, 0.3) is 10.9 Å². The van der Waals surface area contributed by atoms with Crippen molar-refractivity contribution < 1.29 is 9.53 Å². The van der Waals surface area contributed by atoms with E-state index in [9.17, 15) is 4.79 Å². The van der Waals surface area contributed by atoms with Crippen molar-refractivity contribution >= 4 is 16.8 Å². The van der Waals surface area contributed by atoms with Crippen LogP contribution >= 0.6 is 0 Å². The van der Waals surface area contributed by atoms with Gasteiger partial charge in [-0.05, 0) is 25.1 Å². The maximum atomic E-state index is 12.4. The molecule has 0 aliphatic carbocycles. The molecule has 3 rings (SSSR count). The minimum atomic E-state index is -0.0683. The number of imidazole rings is 1. The summed E-state index contributed by atoms with van der Waals surface area (Å²) >= 11 is 0. The zero-order valence-corrected chi connectivity index (χ0v) is 13.3. The second-order valence-corrected chi connectivity index (χ2v) is 5.40. The SMILES string of the molecule is COCc1ncc(C)n1CCNC(=O)c1cccc2[nH]ccc12. The maximum absolute atomic E-state index is 12.4. The quantitative estimate of drug-likeness (QED) is 0.733. The maximum Gasteiger partial charge on any atom is 0.252 e. The molecule has 0 aliphatic rings. The van der Waals surface area contributed by atoms with Gasteiger partial charge >= 0.3 is 0 Å². The zero-order chi connectivity index (χ0) is 16.2. The molecule has 0 fully saturated rings. The molecular formula is C17H20N4O2. The predicted octanol–water partition coefficient (Wildman–Crippen LogP) is 2.25. The Morgan fingerprint density at radius 2 is 2.26 bits per heavy atom. The lowest BCUT2D eigenvalue weighted by Crippen LogP contribution is -2.28. The van der Waals surface area contributed by atoms with E-state index in [0.717, 1.165) is 22.4 Å². The van der Waals surface area contributed by atoms with Gasteiger partial charge in [-0.25, -0.2) is 4.98 Å². The number of aromatic amines is 1. The number of carbonyl (C=O) groups is 1. The third kappa shape index (κ3) is 3.12. The Bertz CT molecular complexity index is 819. The number of benzene rings is 1. The molecule has 6 heteroatoms. The molecule has 0 saturated carbocycles. The van der Waals surface area contributed by atoms with Crippen LogP contribution in [0.1, 0.15) is 21.9 Å². The molecule has 0 bridgehead atoms. The van der Waals surface area contributed by atoms with E-state index in [2.05, 4.69) is 19.9 Å². The van der Waals surface area contributed by atoms with Crippen molar-refractivity contribution in [3.63, 3.8) is 0 Å². The Labute approximate surface area is 134 Å². The van der Waals surface area contributed by atoms with Gasteiger partial charge < -0.3 is 19.6 Å². The van der Waals surface area contributed by atoms with Gasteiger partial charge in [-0.15, -0.1) is 0 Å². The molecule has 2 aromatic heterocycles. The molecule has 1 aromatic carbocycles. The number of hydrogen-bond acceptors (Lipinski definition) is 3. The number of methoxy groups -OCH3 is 1. The molecule has 0 atom stereocenters. The largest absolute Gasteiger partial charge is 0.377 e. The number of amides is 1. The van der Waals surface area contributed by atoms with E-state index < -0.39 is 0 Å². The zero-order valence-electron chi connectivity index (χ0n) is 13.3. The highest BCUT2D eigenvalue weighted by Crippen LogP contribution is 2.17. The van der Waals surface area contributed by atoms with Gasteiger partial charge in [0.1, 0.15) is 12.4 Å². The van der Waals surface area contributed by atoms with Crippen LogP contribution in [0.4, 0.5) is 0 Å². The number of nitrogens with zero attached hydrogens (tertiary/aromatic N) is 2. The van der Waals surface area contributed by atoms with Gasteiger partial charge in [0, 0.05) is 54.8 Å². The van der Waals surface area contributed by atoms with Crippen LogP contribution in [0, 0.1) is 6.92 Å². The third-order valence-electron chi connectivity index (χ3n) is 3.87. The van der Waals surface area contributed by atoms with Crippen molar-refractivity contribution in [1.82, 2.24) is 19.9 Å². The van der Waals surface area contributed by atoms with Crippen LogP contribution in [0.15, 0.2) is 36.7 Å². The lowest BCUT2D eigenvalue weighted by Gasteiger charge is -2.11. The van der Waals surface area contributed by atoms with Gasteiger partial charge in [-0.1, -0.05) is 6.07 Å². The fourth-order valence-electron chi connectivity index (χ4n) is 2.72. The second kappa shape index (κ2) is 6.66. The monoisotopic (exact) mass is 312 g/mol. The van der Waals surface area contributed by atoms with Crippen LogP contribution in [0.2, 0.25) is 0 Å². The van der Waals surface area contributed by atoms with Crippen LogP contribution in [0.3, 0.4) is 0 Å². The molecule has 0 radical (unpaired) electrons. The van der Waals surface area contributed by atoms with Gasteiger partial charge in [-0.3, -0.25) is 4.79 Å². The first-order valence-electron chi connectivity index (χ1n) is 7.55. The fraction of sp³-hybridized carbons (Fsp3) is 0.294. The first kappa shape index (κ1) is 15.3. The second-order valence-electron chi connectivity index (χ2n) is 5.40. The van der Waals surface area contributed by atoms with Gasteiger partial charge in [0.15, 0.2) is 0 Å². The van der Waals surface area contributed by atoms with Gasteiger partial charge in [0.05, 0.1) is 0 Å². The summed E-state index contributed by atoms with van der Waals surface area (Å²) in [6.07, 6.45) is 3.66. The van der Waals surface area contributed by atoms with Crippen molar-refractivity contribution in [1.29, 1.82) is 0 Å². The molecule has 0 aliphatic heterocycles. The number of rotatable bonds is 6. The van der Waals surface area contributed by atoms with Crippen molar-refractivity contribution in [2.75, 3.05) is 13.7 Å². The molecule has 2 N–H and O–H groups in total. The normalized spacial score (nSPS) is 11.0. The highest BCUT2D eigenvalue weighted by atomic mass is 16.5. The molecule has 0 unspecified atom stereocenters. The Morgan fingerprint density at radius 3 is 3.09 bits per heavy atom. The van der Waals surface area contributed by atoms with Gasteiger partial charge in [-0.2, -0.15) is 0 Å². The molecule has 120 valence electrons. The first-order chi connectivity index (χ1) is 11.2. The third-order valence-corrected chi connectivity index (χ3v) is 3.87. The number of hydrogen-bond donors (Lipinski definition) is 2. The first-order valence-corrected chi connectivity index (χ1v) is 7.55. The van der Waals surface area contributed by atoms with Crippen LogP contribution in [-0.2, 0) is 17.9 Å². The summed E-state index contributed by atoms with van der Waals surface area (Å²) in [5.74, 6) is 0.799. The summed E-state index contributed by atoms with van der Waals surface area (Å²) < 4.78 is 7.20. The van der Waals surface area contributed by atoms with Gasteiger partial charge in [0.25, 0.3) is 5.91 Å². The Kier molecular flexibility index (Phi) is 4.43. The van der Waals surface area contributed by atoms with E-state index in [4.69, 9.17) is 4.74 Å². The number of nitrogens with one attached hydrogen (secondary N) is 2. The van der Waals surface area contributed by atoms with E-state index in [1.165, 1.54) is 0 Å². The number of aryl methyl sites for hydroxylation is 1. The molecule has 1 amide bonds. The van der Waals surface area contributed by atoms with Crippen molar-refractivity contribution in [3.8, 4) is 0 Å².